The van der Waals surface area contributed by atoms with E-state index >= 15 is 0 Å². The molecule has 5 nitrogen and oxygen atoms in total. The van der Waals surface area contributed by atoms with Gasteiger partial charge in [0.2, 0.25) is 0 Å². The van der Waals surface area contributed by atoms with Crippen LogP contribution in [0.25, 0.3) is 16.7 Å². The predicted octanol–water partition coefficient (Wildman–Crippen LogP) is 4.12. The molecule has 0 unspecified atom stereocenters. The summed E-state index contributed by atoms with van der Waals surface area (Å²) in [5, 5.41) is 5.77. The summed E-state index contributed by atoms with van der Waals surface area (Å²) < 4.78 is 1.97. The van der Waals surface area contributed by atoms with Crippen molar-refractivity contribution in [2.45, 2.75) is 50.4 Å². The average molecular weight is 345 g/mol. The summed E-state index contributed by atoms with van der Waals surface area (Å²) in [6, 6.07) is 8.71. The first-order valence-corrected chi connectivity index (χ1v) is 9.46. The van der Waals surface area contributed by atoms with Gasteiger partial charge in [0, 0.05) is 41.7 Å². The summed E-state index contributed by atoms with van der Waals surface area (Å²) in [5.41, 5.74) is 3.54. The van der Waals surface area contributed by atoms with Gasteiger partial charge in [0.25, 0.3) is 0 Å². The number of aryl methyl sites for hydroxylation is 1. The SMILES string of the molecule is CN=CC1(c2ccc3cnn(-c4cc(C)nc(C5CC5)n4)c3c2)CCC1. The van der Waals surface area contributed by atoms with Gasteiger partial charge in [-0.25, -0.2) is 14.6 Å². The van der Waals surface area contributed by atoms with E-state index in [1.165, 1.54) is 37.7 Å². The monoisotopic (exact) mass is 345 g/mol. The highest BCUT2D eigenvalue weighted by atomic mass is 15.3. The Morgan fingerprint density at radius 1 is 1.19 bits per heavy atom. The molecule has 0 bridgehead atoms. The Balaban J connectivity index is 1.64. The minimum absolute atomic E-state index is 0.0960. The number of rotatable bonds is 4. The summed E-state index contributed by atoms with van der Waals surface area (Å²) in [6.45, 7) is 2.04. The summed E-state index contributed by atoms with van der Waals surface area (Å²) in [5.74, 6) is 2.37. The van der Waals surface area contributed by atoms with Crippen LogP contribution in [0.1, 0.15) is 55.1 Å². The van der Waals surface area contributed by atoms with Crippen molar-refractivity contribution in [2.24, 2.45) is 4.99 Å². The number of nitrogens with zero attached hydrogens (tertiary/aromatic N) is 5. The van der Waals surface area contributed by atoms with Crippen LogP contribution in [0.3, 0.4) is 0 Å². The zero-order valence-electron chi connectivity index (χ0n) is 15.3. The van der Waals surface area contributed by atoms with E-state index in [0.717, 1.165) is 28.2 Å². The van der Waals surface area contributed by atoms with Crippen LogP contribution in [0.15, 0.2) is 35.5 Å². The van der Waals surface area contributed by atoms with Gasteiger partial charge in [0.05, 0.1) is 11.7 Å². The van der Waals surface area contributed by atoms with Gasteiger partial charge in [-0.2, -0.15) is 5.10 Å². The van der Waals surface area contributed by atoms with Crippen molar-refractivity contribution < 1.29 is 0 Å². The third-order valence-corrected chi connectivity index (χ3v) is 5.79. The molecule has 2 saturated carbocycles. The standard InChI is InChI=1S/C21H23N5/c1-14-10-19(25-20(24-14)15-4-5-15)26-18-11-17(7-6-16(18)12-23-26)21(13-22-2)8-3-9-21/h6-7,10-13,15H,3-5,8-9H2,1-2H3. The van der Waals surface area contributed by atoms with Gasteiger partial charge in [-0.05, 0) is 44.2 Å². The Bertz CT molecular complexity index is 1010. The van der Waals surface area contributed by atoms with Crippen molar-refractivity contribution in [2.75, 3.05) is 7.05 Å². The van der Waals surface area contributed by atoms with E-state index in [9.17, 15) is 0 Å². The van der Waals surface area contributed by atoms with Crippen LogP contribution in [-0.4, -0.2) is 33.0 Å². The zero-order valence-corrected chi connectivity index (χ0v) is 15.3. The number of benzene rings is 1. The highest BCUT2D eigenvalue weighted by Crippen LogP contribution is 2.43. The first kappa shape index (κ1) is 15.7. The highest BCUT2D eigenvalue weighted by Gasteiger charge is 2.37. The Morgan fingerprint density at radius 3 is 2.73 bits per heavy atom. The molecular weight excluding hydrogens is 322 g/mol. The van der Waals surface area contributed by atoms with Crippen molar-refractivity contribution in [3.8, 4) is 5.82 Å². The third kappa shape index (κ3) is 2.45. The molecule has 0 radical (unpaired) electrons. The predicted molar refractivity (Wildman–Crippen MR) is 103 cm³/mol. The van der Waals surface area contributed by atoms with Gasteiger partial charge < -0.3 is 0 Å². The molecule has 3 aromatic rings. The molecule has 2 fully saturated rings. The van der Waals surface area contributed by atoms with Crippen molar-refractivity contribution in [3.05, 3.63) is 47.5 Å². The Hall–Kier alpha value is -2.56. The van der Waals surface area contributed by atoms with Crippen molar-refractivity contribution in [1.29, 1.82) is 0 Å². The Labute approximate surface area is 153 Å². The lowest BCUT2D eigenvalue weighted by atomic mass is 9.65. The van der Waals surface area contributed by atoms with Crippen LogP contribution in [0.5, 0.6) is 0 Å². The van der Waals surface area contributed by atoms with E-state index in [4.69, 9.17) is 4.98 Å². The van der Waals surface area contributed by atoms with Crippen molar-refractivity contribution in [1.82, 2.24) is 19.7 Å². The fourth-order valence-electron chi connectivity index (χ4n) is 4.01. The van der Waals surface area contributed by atoms with Crippen LogP contribution in [-0.2, 0) is 5.41 Å². The van der Waals surface area contributed by atoms with E-state index in [1.54, 1.807) is 0 Å². The minimum Gasteiger partial charge on any atom is -0.300 e. The molecule has 2 heterocycles. The first-order valence-electron chi connectivity index (χ1n) is 9.46. The zero-order chi connectivity index (χ0) is 17.7. The maximum Gasteiger partial charge on any atom is 0.157 e. The number of fused-ring (bicyclic) bond motifs is 1. The van der Waals surface area contributed by atoms with Gasteiger partial charge in [0.1, 0.15) is 5.82 Å². The molecule has 132 valence electrons. The fraction of sp³-hybridized carbons (Fsp3) is 0.429. The second kappa shape index (κ2) is 5.73. The van der Waals surface area contributed by atoms with Gasteiger partial charge in [-0.1, -0.05) is 18.6 Å². The number of hydrogen-bond donors (Lipinski definition) is 0. The molecule has 0 spiro atoms. The van der Waals surface area contributed by atoms with E-state index in [0.29, 0.717) is 5.92 Å². The van der Waals surface area contributed by atoms with Crippen molar-refractivity contribution >= 4 is 17.1 Å². The van der Waals surface area contributed by atoms with Crippen LogP contribution < -0.4 is 0 Å². The van der Waals surface area contributed by atoms with E-state index in [1.807, 2.05) is 30.9 Å². The summed E-state index contributed by atoms with van der Waals surface area (Å²) in [6.07, 6.45) is 10.1. The molecule has 2 aliphatic rings. The maximum absolute atomic E-state index is 4.81. The van der Waals surface area contributed by atoms with Gasteiger partial charge in [0.15, 0.2) is 5.82 Å². The van der Waals surface area contributed by atoms with Gasteiger partial charge >= 0.3 is 0 Å². The third-order valence-electron chi connectivity index (χ3n) is 5.79. The minimum atomic E-state index is 0.0960. The maximum atomic E-state index is 4.81. The first-order chi connectivity index (χ1) is 12.7. The smallest absolute Gasteiger partial charge is 0.157 e. The molecule has 0 saturated heterocycles. The Morgan fingerprint density at radius 2 is 2.04 bits per heavy atom. The molecule has 0 atom stereocenters. The lowest BCUT2D eigenvalue weighted by Crippen LogP contribution is -2.35. The molecule has 0 N–H and O–H groups in total. The molecule has 5 rings (SSSR count). The number of hydrogen-bond acceptors (Lipinski definition) is 4. The van der Waals surface area contributed by atoms with Crippen LogP contribution in [0, 0.1) is 6.92 Å². The number of aliphatic imine (C=N–C) groups is 1. The number of aromatic nitrogens is 4. The fourth-order valence-corrected chi connectivity index (χ4v) is 4.01. The quantitative estimate of drug-likeness (QED) is 0.668. The van der Waals surface area contributed by atoms with Crippen molar-refractivity contribution in [3.63, 3.8) is 0 Å². The van der Waals surface area contributed by atoms with E-state index in [-0.39, 0.29) is 5.41 Å². The molecule has 0 aliphatic heterocycles. The molecule has 2 aliphatic carbocycles. The second-order valence-electron chi connectivity index (χ2n) is 7.73. The molecule has 0 amide bonds. The highest BCUT2D eigenvalue weighted by molar-refractivity contribution is 5.84. The summed E-state index contributed by atoms with van der Waals surface area (Å²) in [7, 11) is 1.87. The Kier molecular flexibility index (Phi) is 3.45. The summed E-state index contributed by atoms with van der Waals surface area (Å²) >= 11 is 0. The molecule has 2 aromatic heterocycles. The van der Waals surface area contributed by atoms with E-state index < -0.39 is 0 Å². The largest absolute Gasteiger partial charge is 0.300 e. The molecule has 26 heavy (non-hydrogen) atoms. The molecule has 1 aromatic carbocycles. The van der Waals surface area contributed by atoms with E-state index in [2.05, 4.69) is 39.5 Å². The molecule has 5 heteroatoms. The topological polar surface area (TPSA) is 56.0 Å². The normalized spacial score (nSPS) is 19.2. The lowest BCUT2D eigenvalue weighted by molar-refractivity contribution is 0.348. The van der Waals surface area contributed by atoms with Crippen LogP contribution >= 0.6 is 0 Å². The van der Waals surface area contributed by atoms with Gasteiger partial charge in [-0.15, -0.1) is 0 Å². The van der Waals surface area contributed by atoms with Gasteiger partial charge in [-0.3, -0.25) is 4.99 Å². The lowest BCUT2D eigenvalue weighted by Gasteiger charge is -2.39. The second-order valence-corrected chi connectivity index (χ2v) is 7.73. The summed E-state index contributed by atoms with van der Waals surface area (Å²) in [4.78, 5) is 13.8. The van der Waals surface area contributed by atoms with Crippen LogP contribution in [0.2, 0.25) is 0 Å². The average Bonchev–Trinajstić information content (AvgIpc) is 3.37. The molecular formula is C21H23N5. The van der Waals surface area contributed by atoms with Crippen LogP contribution in [0.4, 0.5) is 0 Å².